The van der Waals surface area contributed by atoms with Crippen LogP contribution in [0.3, 0.4) is 0 Å². The van der Waals surface area contributed by atoms with E-state index in [0.29, 0.717) is 5.69 Å². The summed E-state index contributed by atoms with van der Waals surface area (Å²) < 4.78 is 46.5. The number of nitrogens with zero attached hydrogens (tertiary/aromatic N) is 3. The van der Waals surface area contributed by atoms with Gasteiger partial charge in [0, 0.05) is 35.1 Å². The Morgan fingerprint density at radius 2 is 2.05 bits per heavy atom. The summed E-state index contributed by atoms with van der Waals surface area (Å²) in [6, 6.07) is 12.0. The number of fused-ring (bicyclic) bond motifs is 1. The smallest absolute Gasteiger partial charge is 0.416 e. The molecule has 1 amide bonds. The van der Waals surface area contributed by atoms with E-state index in [1.807, 2.05) is 25.2 Å². The Hall–Kier alpha value is -4.12. The van der Waals surface area contributed by atoms with E-state index in [-0.39, 0.29) is 35.5 Å². The van der Waals surface area contributed by atoms with Crippen molar-refractivity contribution in [1.29, 1.82) is 0 Å². The quantitative estimate of drug-likeness (QED) is 0.306. The number of carbonyl (C=O) groups is 1. The molecule has 1 atom stereocenters. The number of ether oxygens (including phenoxy) is 1. The molecule has 1 fully saturated rings. The van der Waals surface area contributed by atoms with Gasteiger partial charge in [-0.1, -0.05) is 0 Å². The Labute approximate surface area is 210 Å². The van der Waals surface area contributed by atoms with E-state index < -0.39 is 17.6 Å². The van der Waals surface area contributed by atoms with E-state index in [1.54, 1.807) is 18.3 Å². The van der Waals surface area contributed by atoms with Gasteiger partial charge in [0.25, 0.3) is 5.91 Å². The van der Waals surface area contributed by atoms with E-state index in [1.165, 1.54) is 12.3 Å². The molecule has 11 heteroatoms. The molecule has 3 N–H and O–H groups in total. The molecule has 0 bridgehead atoms. The van der Waals surface area contributed by atoms with Crippen LogP contribution in [-0.2, 0) is 6.18 Å². The van der Waals surface area contributed by atoms with Gasteiger partial charge in [0.15, 0.2) is 0 Å². The first-order valence-electron chi connectivity index (χ1n) is 11.8. The summed E-state index contributed by atoms with van der Waals surface area (Å²) in [5.41, 5.74) is 0.698. The second-order valence-corrected chi connectivity index (χ2v) is 8.98. The zero-order chi connectivity index (χ0) is 26.0. The summed E-state index contributed by atoms with van der Waals surface area (Å²) in [7, 11) is 1.96. The van der Waals surface area contributed by atoms with Gasteiger partial charge in [-0.3, -0.25) is 9.89 Å². The lowest BCUT2D eigenvalue weighted by Crippen LogP contribution is -2.30. The Balaban J connectivity index is 1.37. The van der Waals surface area contributed by atoms with Gasteiger partial charge in [0.1, 0.15) is 18.2 Å². The first-order chi connectivity index (χ1) is 17.8. The lowest BCUT2D eigenvalue weighted by molar-refractivity contribution is -0.137. The number of alkyl halides is 3. The number of anilines is 3. The lowest BCUT2D eigenvalue weighted by atomic mass is 10.1. The van der Waals surface area contributed by atoms with Crippen molar-refractivity contribution in [2.24, 2.45) is 0 Å². The normalized spacial score (nSPS) is 16.2. The summed E-state index contributed by atoms with van der Waals surface area (Å²) in [5, 5.41) is 13.5. The van der Waals surface area contributed by atoms with Crippen LogP contribution in [0.2, 0.25) is 0 Å². The maximum absolute atomic E-state index is 13.6. The molecule has 0 aliphatic carbocycles. The monoisotopic (exact) mass is 510 g/mol. The fourth-order valence-electron chi connectivity index (χ4n) is 4.34. The zero-order valence-corrected chi connectivity index (χ0v) is 20.0. The van der Waals surface area contributed by atoms with Crippen molar-refractivity contribution in [2.75, 3.05) is 30.8 Å². The molecule has 2 aromatic carbocycles. The van der Waals surface area contributed by atoms with Gasteiger partial charge in [0.05, 0.1) is 22.8 Å². The number of H-pyrrole nitrogens is 1. The lowest BCUT2D eigenvalue weighted by Gasteiger charge is -2.20. The Morgan fingerprint density at radius 1 is 1.19 bits per heavy atom. The predicted molar refractivity (Wildman–Crippen MR) is 134 cm³/mol. The van der Waals surface area contributed by atoms with Crippen molar-refractivity contribution < 1.29 is 22.7 Å². The van der Waals surface area contributed by atoms with E-state index in [0.717, 1.165) is 42.4 Å². The molecule has 0 radical (unpaired) electrons. The van der Waals surface area contributed by atoms with Crippen LogP contribution < -0.4 is 15.4 Å². The van der Waals surface area contributed by atoms with Crippen LogP contribution in [0.4, 0.5) is 30.4 Å². The number of nitrogens with one attached hydrogen (secondary N) is 3. The molecular weight excluding hydrogens is 485 g/mol. The van der Waals surface area contributed by atoms with Crippen molar-refractivity contribution in [3.63, 3.8) is 0 Å². The van der Waals surface area contributed by atoms with Crippen LogP contribution in [0.15, 0.2) is 60.9 Å². The van der Waals surface area contributed by atoms with Gasteiger partial charge in [0.2, 0.25) is 0 Å². The van der Waals surface area contributed by atoms with Crippen molar-refractivity contribution in [2.45, 2.75) is 25.1 Å². The molecule has 0 spiro atoms. The highest BCUT2D eigenvalue weighted by atomic mass is 19.4. The SMILES string of the molecule is CN1CCC[C@H]1COc1cc(NC(=O)c2cccnc2Nc2ccc3cn[nH]c3c2)cc(C(F)(F)F)c1. The number of aromatic nitrogens is 3. The molecular formula is C26H25F3N6O2. The van der Waals surface area contributed by atoms with Gasteiger partial charge in [-0.15, -0.1) is 0 Å². The number of hydrogen-bond acceptors (Lipinski definition) is 6. The van der Waals surface area contributed by atoms with E-state index in [9.17, 15) is 18.0 Å². The summed E-state index contributed by atoms with van der Waals surface area (Å²) >= 11 is 0. The third-order valence-electron chi connectivity index (χ3n) is 6.36. The van der Waals surface area contributed by atoms with Gasteiger partial charge < -0.3 is 20.3 Å². The fourth-order valence-corrected chi connectivity index (χ4v) is 4.34. The number of rotatable bonds is 7. The number of amides is 1. The number of carbonyl (C=O) groups excluding carboxylic acids is 1. The van der Waals surface area contributed by atoms with Gasteiger partial charge in [-0.05, 0) is 68.9 Å². The average molecular weight is 511 g/mol. The second kappa shape index (κ2) is 10.1. The van der Waals surface area contributed by atoms with Gasteiger partial charge in [-0.25, -0.2) is 4.98 Å². The number of likely N-dealkylation sites (tertiary alicyclic amines) is 1. The zero-order valence-electron chi connectivity index (χ0n) is 20.0. The van der Waals surface area contributed by atoms with Crippen LogP contribution in [0, 0.1) is 0 Å². The minimum Gasteiger partial charge on any atom is -0.492 e. The number of benzene rings is 2. The molecule has 37 heavy (non-hydrogen) atoms. The number of halogens is 3. The summed E-state index contributed by atoms with van der Waals surface area (Å²) in [6.45, 7) is 1.19. The third kappa shape index (κ3) is 5.67. The molecule has 8 nitrogen and oxygen atoms in total. The molecule has 1 aliphatic heterocycles. The van der Waals surface area contributed by atoms with Crippen molar-refractivity contribution in [1.82, 2.24) is 20.1 Å². The first kappa shape index (κ1) is 24.6. The molecule has 192 valence electrons. The predicted octanol–water partition coefficient (Wildman–Crippen LogP) is 5.45. The minimum atomic E-state index is -4.60. The van der Waals surface area contributed by atoms with E-state index >= 15 is 0 Å². The van der Waals surface area contributed by atoms with E-state index in [2.05, 4.69) is 30.7 Å². The Bertz CT molecular complexity index is 1420. The molecule has 5 rings (SSSR count). The maximum atomic E-state index is 13.6. The molecule has 1 saturated heterocycles. The second-order valence-electron chi connectivity index (χ2n) is 8.98. The number of hydrogen-bond donors (Lipinski definition) is 3. The molecule has 1 aliphatic rings. The Kier molecular flexibility index (Phi) is 6.70. The minimum absolute atomic E-state index is 0.0247. The van der Waals surface area contributed by atoms with E-state index in [4.69, 9.17) is 4.74 Å². The van der Waals surface area contributed by atoms with Crippen molar-refractivity contribution >= 4 is 34.0 Å². The summed E-state index contributed by atoms with van der Waals surface area (Å²) in [6.07, 6.45) is 0.548. The van der Waals surface area contributed by atoms with Crippen LogP contribution in [-0.4, -0.2) is 52.2 Å². The number of aromatic amines is 1. The first-order valence-corrected chi connectivity index (χ1v) is 11.8. The number of pyridine rings is 1. The van der Waals surface area contributed by atoms with Crippen LogP contribution in [0.25, 0.3) is 10.9 Å². The molecule has 0 unspecified atom stereocenters. The summed E-state index contributed by atoms with van der Waals surface area (Å²) in [4.78, 5) is 19.5. The number of likely N-dealkylation sites (N-methyl/N-ethyl adjacent to an activating group) is 1. The molecule has 0 saturated carbocycles. The highest BCUT2D eigenvalue weighted by Crippen LogP contribution is 2.35. The van der Waals surface area contributed by atoms with Crippen LogP contribution in [0.5, 0.6) is 5.75 Å². The summed E-state index contributed by atoms with van der Waals surface area (Å²) in [5.74, 6) is -0.312. The highest BCUT2D eigenvalue weighted by molar-refractivity contribution is 6.08. The third-order valence-corrected chi connectivity index (χ3v) is 6.36. The van der Waals surface area contributed by atoms with Gasteiger partial charge >= 0.3 is 6.18 Å². The average Bonchev–Trinajstić information content (AvgIpc) is 3.50. The molecule has 4 aromatic rings. The molecule has 3 heterocycles. The fraction of sp³-hybridized carbons (Fsp3) is 0.269. The topological polar surface area (TPSA) is 95.2 Å². The van der Waals surface area contributed by atoms with Crippen LogP contribution in [0.1, 0.15) is 28.8 Å². The van der Waals surface area contributed by atoms with Crippen molar-refractivity contribution in [3.8, 4) is 5.75 Å². The standard InChI is InChI=1S/C26H25F3N6O2/c1-35-9-3-4-20(35)15-37-21-11-17(26(27,28)29)10-19(12-21)33-25(36)22-5-2-8-30-24(22)32-18-7-6-16-14-31-34-23(16)13-18/h2,5-8,10-14,20H,3-4,9,15H2,1H3,(H,30,32)(H,31,34)(H,33,36)/t20-/m0/s1. The largest absolute Gasteiger partial charge is 0.492 e. The van der Waals surface area contributed by atoms with Crippen molar-refractivity contribution in [3.05, 3.63) is 72.1 Å². The molecule has 2 aromatic heterocycles. The van der Waals surface area contributed by atoms with Crippen LogP contribution >= 0.6 is 0 Å². The van der Waals surface area contributed by atoms with Gasteiger partial charge in [-0.2, -0.15) is 18.3 Å². The maximum Gasteiger partial charge on any atom is 0.416 e. The Morgan fingerprint density at radius 3 is 2.84 bits per heavy atom. The highest BCUT2D eigenvalue weighted by Gasteiger charge is 2.32.